The lowest BCUT2D eigenvalue weighted by atomic mass is 10.1. The van der Waals surface area contributed by atoms with Gasteiger partial charge in [0.2, 0.25) is 0 Å². The molecule has 132 valence electrons. The molecule has 1 N–H and O–H groups in total. The standard InChI is InChI=1S/C18H15ClN4O3/c1-12-14(8-5-9-16(12)23(25)26)18(24)20-17-15(19)11-22(21-17)10-13-6-3-2-4-7-13/h2-9,11H,10H2,1H3,(H,20,21,24). The molecule has 26 heavy (non-hydrogen) atoms. The number of amides is 1. The normalized spacial score (nSPS) is 10.5. The molecule has 0 fully saturated rings. The summed E-state index contributed by atoms with van der Waals surface area (Å²) in [6, 6.07) is 14.0. The van der Waals surface area contributed by atoms with E-state index < -0.39 is 10.8 Å². The van der Waals surface area contributed by atoms with Gasteiger partial charge in [0.05, 0.1) is 11.5 Å². The van der Waals surface area contributed by atoms with Crippen molar-refractivity contribution in [3.8, 4) is 0 Å². The van der Waals surface area contributed by atoms with Crippen molar-refractivity contribution in [2.24, 2.45) is 0 Å². The number of nitrogens with one attached hydrogen (secondary N) is 1. The first-order chi connectivity index (χ1) is 12.5. The third kappa shape index (κ3) is 3.73. The lowest BCUT2D eigenvalue weighted by Crippen LogP contribution is -2.15. The van der Waals surface area contributed by atoms with Crippen LogP contribution in [0.3, 0.4) is 0 Å². The molecular weight excluding hydrogens is 356 g/mol. The molecule has 0 spiro atoms. The maximum atomic E-state index is 12.5. The van der Waals surface area contributed by atoms with Crippen LogP contribution in [0.1, 0.15) is 21.5 Å². The van der Waals surface area contributed by atoms with Crippen molar-refractivity contribution in [2.45, 2.75) is 13.5 Å². The molecule has 1 aromatic heterocycles. The summed E-state index contributed by atoms with van der Waals surface area (Å²) in [6.45, 7) is 2.04. The van der Waals surface area contributed by atoms with Gasteiger partial charge >= 0.3 is 0 Å². The van der Waals surface area contributed by atoms with E-state index in [9.17, 15) is 14.9 Å². The molecule has 0 aliphatic heterocycles. The Morgan fingerprint density at radius 1 is 1.23 bits per heavy atom. The molecule has 2 aromatic carbocycles. The Labute approximate surface area is 154 Å². The van der Waals surface area contributed by atoms with Gasteiger partial charge in [0.1, 0.15) is 5.02 Å². The lowest BCUT2D eigenvalue weighted by molar-refractivity contribution is -0.385. The molecule has 7 nitrogen and oxygen atoms in total. The van der Waals surface area contributed by atoms with E-state index in [1.807, 2.05) is 30.3 Å². The van der Waals surface area contributed by atoms with Crippen molar-refractivity contribution < 1.29 is 9.72 Å². The van der Waals surface area contributed by atoms with Crippen LogP contribution >= 0.6 is 11.6 Å². The Kier molecular flexibility index (Phi) is 4.99. The summed E-state index contributed by atoms with van der Waals surface area (Å²) in [7, 11) is 0. The summed E-state index contributed by atoms with van der Waals surface area (Å²) in [4.78, 5) is 23.0. The molecule has 0 aliphatic carbocycles. The number of benzene rings is 2. The van der Waals surface area contributed by atoms with Crippen LogP contribution in [-0.2, 0) is 6.54 Å². The van der Waals surface area contributed by atoms with Gasteiger partial charge in [0.25, 0.3) is 11.6 Å². The molecule has 3 aromatic rings. The van der Waals surface area contributed by atoms with E-state index in [2.05, 4.69) is 10.4 Å². The number of carbonyl (C=O) groups is 1. The van der Waals surface area contributed by atoms with Crippen LogP contribution in [0.25, 0.3) is 0 Å². The number of aromatic nitrogens is 2. The Hall–Kier alpha value is -3.19. The molecular formula is C18H15ClN4O3. The predicted molar refractivity (Wildman–Crippen MR) is 98.6 cm³/mol. The minimum atomic E-state index is -0.520. The number of nitrogens with zero attached hydrogens (tertiary/aromatic N) is 3. The number of nitro groups is 1. The van der Waals surface area contributed by atoms with Gasteiger partial charge in [-0.25, -0.2) is 0 Å². The zero-order valence-corrected chi connectivity index (χ0v) is 14.6. The maximum absolute atomic E-state index is 12.5. The Balaban J connectivity index is 1.80. The fourth-order valence-electron chi connectivity index (χ4n) is 2.58. The minimum Gasteiger partial charge on any atom is -0.304 e. The summed E-state index contributed by atoms with van der Waals surface area (Å²) >= 11 is 6.16. The molecule has 3 rings (SSSR count). The second-order valence-corrected chi connectivity index (χ2v) is 6.08. The predicted octanol–water partition coefficient (Wildman–Crippen LogP) is 4.05. The van der Waals surface area contributed by atoms with Crippen molar-refractivity contribution in [1.29, 1.82) is 0 Å². The topological polar surface area (TPSA) is 90.1 Å². The van der Waals surface area contributed by atoms with Crippen LogP contribution in [0.2, 0.25) is 5.02 Å². The Morgan fingerprint density at radius 3 is 2.65 bits per heavy atom. The van der Waals surface area contributed by atoms with Gasteiger partial charge in [0, 0.05) is 23.4 Å². The summed E-state index contributed by atoms with van der Waals surface area (Å²) in [5, 5.41) is 18.2. The molecule has 1 heterocycles. The summed E-state index contributed by atoms with van der Waals surface area (Å²) in [5.41, 5.74) is 1.42. The first-order valence-electron chi connectivity index (χ1n) is 7.78. The Morgan fingerprint density at radius 2 is 1.96 bits per heavy atom. The van der Waals surface area contributed by atoms with Gasteiger partial charge in [-0.15, -0.1) is 0 Å². The average molecular weight is 371 g/mol. The first-order valence-corrected chi connectivity index (χ1v) is 8.15. The van der Waals surface area contributed by atoms with Gasteiger partial charge in [-0.1, -0.05) is 48.0 Å². The molecule has 1 amide bonds. The molecule has 0 atom stereocenters. The van der Waals surface area contributed by atoms with Crippen LogP contribution in [0, 0.1) is 17.0 Å². The maximum Gasteiger partial charge on any atom is 0.273 e. The van der Waals surface area contributed by atoms with E-state index in [1.165, 1.54) is 25.1 Å². The molecule has 0 saturated carbocycles. The summed E-state index contributed by atoms with van der Waals surface area (Å²) < 4.78 is 1.62. The van der Waals surface area contributed by atoms with Crippen molar-refractivity contribution in [3.63, 3.8) is 0 Å². The zero-order chi connectivity index (χ0) is 18.7. The molecule has 0 aliphatic rings. The molecule has 0 radical (unpaired) electrons. The van der Waals surface area contributed by atoms with E-state index in [-0.39, 0.29) is 27.7 Å². The van der Waals surface area contributed by atoms with E-state index in [0.29, 0.717) is 6.54 Å². The number of hydrogen-bond donors (Lipinski definition) is 1. The molecule has 0 saturated heterocycles. The fraction of sp³-hybridized carbons (Fsp3) is 0.111. The number of hydrogen-bond acceptors (Lipinski definition) is 4. The summed E-state index contributed by atoms with van der Waals surface area (Å²) in [6.07, 6.45) is 1.62. The highest BCUT2D eigenvalue weighted by molar-refractivity contribution is 6.33. The summed E-state index contributed by atoms with van der Waals surface area (Å²) in [5.74, 6) is -0.295. The largest absolute Gasteiger partial charge is 0.304 e. The van der Waals surface area contributed by atoms with Crippen molar-refractivity contribution in [2.75, 3.05) is 5.32 Å². The minimum absolute atomic E-state index is 0.113. The third-order valence-corrected chi connectivity index (χ3v) is 4.16. The number of anilines is 1. The SMILES string of the molecule is Cc1c(C(=O)Nc2nn(Cc3ccccc3)cc2Cl)cccc1[N+](=O)[O-]. The smallest absolute Gasteiger partial charge is 0.273 e. The van der Waals surface area contributed by atoms with E-state index in [4.69, 9.17) is 11.6 Å². The second kappa shape index (κ2) is 7.37. The highest BCUT2D eigenvalue weighted by Crippen LogP contribution is 2.24. The van der Waals surface area contributed by atoms with Gasteiger partial charge in [-0.3, -0.25) is 19.6 Å². The monoisotopic (exact) mass is 370 g/mol. The quantitative estimate of drug-likeness (QED) is 0.541. The zero-order valence-electron chi connectivity index (χ0n) is 13.8. The number of nitro benzene ring substituents is 1. The fourth-order valence-corrected chi connectivity index (χ4v) is 2.77. The van der Waals surface area contributed by atoms with E-state index in [0.717, 1.165) is 5.56 Å². The lowest BCUT2D eigenvalue weighted by Gasteiger charge is -2.06. The van der Waals surface area contributed by atoms with Crippen LogP contribution in [0.5, 0.6) is 0 Å². The Bertz CT molecular complexity index is 970. The second-order valence-electron chi connectivity index (χ2n) is 5.67. The van der Waals surface area contributed by atoms with Gasteiger partial charge in [0.15, 0.2) is 5.82 Å². The van der Waals surface area contributed by atoms with Crippen LogP contribution < -0.4 is 5.32 Å². The highest BCUT2D eigenvalue weighted by atomic mass is 35.5. The first kappa shape index (κ1) is 17.6. The van der Waals surface area contributed by atoms with Crippen LogP contribution in [-0.4, -0.2) is 20.6 Å². The van der Waals surface area contributed by atoms with Crippen molar-refractivity contribution >= 4 is 29.0 Å². The average Bonchev–Trinajstić information content (AvgIpc) is 2.94. The molecule has 0 bridgehead atoms. The highest BCUT2D eigenvalue weighted by Gasteiger charge is 2.19. The van der Waals surface area contributed by atoms with Gasteiger partial charge < -0.3 is 5.32 Å². The van der Waals surface area contributed by atoms with Crippen molar-refractivity contribution in [1.82, 2.24) is 9.78 Å². The van der Waals surface area contributed by atoms with Crippen LogP contribution in [0.15, 0.2) is 54.7 Å². The third-order valence-electron chi connectivity index (χ3n) is 3.88. The number of halogens is 1. The van der Waals surface area contributed by atoms with Gasteiger partial charge in [-0.2, -0.15) is 5.10 Å². The van der Waals surface area contributed by atoms with E-state index >= 15 is 0 Å². The molecule has 0 unspecified atom stereocenters. The van der Waals surface area contributed by atoms with E-state index in [1.54, 1.807) is 10.9 Å². The number of carbonyl (C=O) groups excluding carboxylic acids is 1. The van der Waals surface area contributed by atoms with Gasteiger partial charge in [-0.05, 0) is 18.6 Å². The number of rotatable bonds is 5. The molecule has 8 heteroatoms. The van der Waals surface area contributed by atoms with Crippen molar-refractivity contribution in [3.05, 3.63) is 86.6 Å². The van der Waals surface area contributed by atoms with Crippen LogP contribution in [0.4, 0.5) is 11.5 Å².